The Balaban J connectivity index is 2.49. The summed E-state index contributed by atoms with van der Waals surface area (Å²) in [6.07, 6.45) is 3.13. The monoisotopic (exact) mass is 193 g/mol. The minimum atomic E-state index is -2.83. The van der Waals surface area contributed by atoms with E-state index in [0.29, 0.717) is 18.8 Å². The first-order valence-corrected chi connectivity index (χ1v) is 5.91. The molecule has 0 aromatic carbocycles. The SMILES string of the molecule is NOCCC1CCCCS1(=O)=O. The number of hydrogen-bond donors (Lipinski definition) is 1. The fraction of sp³-hybridized carbons (Fsp3) is 1.00. The quantitative estimate of drug-likeness (QED) is 0.652. The van der Waals surface area contributed by atoms with Crippen molar-refractivity contribution in [3.05, 3.63) is 0 Å². The van der Waals surface area contributed by atoms with Crippen LogP contribution < -0.4 is 5.90 Å². The molecule has 0 radical (unpaired) electrons. The van der Waals surface area contributed by atoms with Crippen molar-refractivity contribution in [3.8, 4) is 0 Å². The van der Waals surface area contributed by atoms with Crippen LogP contribution in [0, 0.1) is 0 Å². The number of sulfone groups is 1. The van der Waals surface area contributed by atoms with E-state index in [0.717, 1.165) is 19.3 Å². The molecule has 0 aliphatic carbocycles. The molecular formula is C7H15NO3S. The third kappa shape index (κ3) is 2.43. The molecule has 1 atom stereocenters. The van der Waals surface area contributed by atoms with Crippen LogP contribution >= 0.6 is 0 Å². The van der Waals surface area contributed by atoms with Gasteiger partial charge in [0, 0.05) is 0 Å². The normalized spacial score (nSPS) is 28.6. The molecule has 0 aromatic rings. The van der Waals surface area contributed by atoms with Gasteiger partial charge in [0.2, 0.25) is 0 Å². The Bertz CT molecular complexity index is 225. The zero-order valence-electron chi connectivity index (χ0n) is 7.03. The lowest BCUT2D eigenvalue weighted by atomic mass is 10.1. The zero-order valence-corrected chi connectivity index (χ0v) is 7.85. The smallest absolute Gasteiger partial charge is 0.153 e. The van der Waals surface area contributed by atoms with Crippen molar-refractivity contribution in [1.29, 1.82) is 0 Å². The van der Waals surface area contributed by atoms with E-state index in [-0.39, 0.29) is 5.25 Å². The average molecular weight is 193 g/mol. The van der Waals surface area contributed by atoms with Crippen LogP contribution in [0.3, 0.4) is 0 Å². The molecule has 0 amide bonds. The molecule has 1 heterocycles. The minimum absolute atomic E-state index is 0.213. The second kappa shape index (κ2) is 4.20. The van der Waals surface area contributed by atoms with Gasteiger partial charge >= 0.3 is 0 Å². The number of nitrogens with two attached hydrogens (primary N) is 1. The van der Waals surface area contributed by atoms with Gasteiger partial charge in [-0.15, -0.1) is 0 Å². The fourth-order valence-corrected chi connectivity index (χ4v) is 3.47. The summed E-state index contributed by atoms with van der Waals surface area (Å²) in [5.74, 6) is 5.17. The molecule has 72 valence electrons. The van der Waals surface area contributed by atoms with E-state index in [1.54, 1.807) is 0 Å². The molecule has 1 rings (SSSR count). The largest absolute Gasteiger partial charge is 0.305 e. The third-order valence-corrected chi connectivity index (χ3v) is 4.62. The molecule has 1 fully saturated rings. The van der Waals surface area contributed by atoms with E-state index in [4.69, 9.17) is 5.90 Å². The van der Waals surface area contributed by atoms with Crippen LogP contribution in [-0.2, 0) is 14.7 Å². The molecular weight excluding hydrogens is 178 g/mol. The van der Waals surface area contributed by atoms with Crippen molar-refractivity contribution < 1.29 is 13.3 Å². The summed E-state index contributed by atoms with van der Waals surface area (Å²) in [6, 6.07) is 0. The summed E-state index contributed by atoms with van der Waals surface area (Å²) in [7, 11) is -2.83. The van der Waals surface area contributed by atoms with Gasteiger partial charge in [-0.05, 0) is 19.3 Å². The molecule has 0 spiro atoms. The fourth-order valence-electron chi connectivity index (χ4n) is 1.54. The summed E-state index contributed by atoms with van der Waals surface area (Å²) in [4.78, 5) is 4.37. The Morgan fingerprint density at radius 1 is 1.42 bits per heavy atom. The van der Waals surface area contributed by atoms with Crippen molar-refractivity contribution in [3.63, 3.8) is 0 Å². The Labute approximate surface area is 73.0 Å². The average Bonchev–Trinajstić information content (AvgIpc) is 2.02. The third-order valence-electron chi connectivity index (χ3n) is 2.27. The van der Waals surface area contributed by atoms with Gasteiger partial charge < -0.3 is 4.84 Å². The Morgan fingerprint density at radius 2 is 2.17 bits per heavy atom. The highest BCUT2D eigenvalue weighted by molar-refractivity contribution is 7.92. The molecule has 12 heavy (non-hydrogen) atoms. The van der Waals surface area contributed by atoms with Gasteiger partial charge in [-0.1, -0.05) is 6.42 Å². The maximum Gasteiger partial charge on any atom is 0.153 e. The summed E-state index contributed by atoms with van der Waals surface area (Å²) in [5.41, 5.74) is 0. The van der Waals surface area contributed by atoms with Gasteiger partial charge in [-0.3, -0.25) is 0 Å². The van der Waals surface area contributed by atoms with E-state index in [1.165, 1.54) is 0 Å². The van der Waals surface area contributed by atoms with Crippen molar-refractivity contribution >= 4 is 9.84 Å². The van der Waals surface area contributed by atoms with Crippen LogP contribution in [0.1, 0.15) is 25.7 Å². The highest BCUT2D eigenvalue weighted by Crippen LogP contribution is 2.21. The maximum atomic E-state index is 11.4. The molecule has 1 aliphatic heterocycles. The first-order valence-electron chi connectivity index (χ1n) is 4.20. The zero-order chi connectivity index (χ0) is 9.03. The molecule has 5 heteroatoms. The Hall–Kier alpha value is -0.130. The summed E-state index contributed by atoms with van der Waals surface area (Å²) >= 11 is 0. The van der Waals surface area contributed by atoms with Crippen molar-refractivity contribution in [1.82, 2.24) is 0 Å². The number of rotatable bonds is 3. The van der Waals surface area contributed by atoms with E-state index in [1.807, 2.05) is 0 Å². The van der Waals surface area contributed by atoms with E-state index in [9.17, 15) is 8.42 Å². The van der Waals surface area contributed by atoms with Crippen LogP contribution in [0.15, 0.2) is 0 Å². The summed E-state index contributed by atoms with van der Waals surface area (Å²) in [5, 5.41) is -0.213. The second-order valence-corrected chi connectivity index (χ2v) is 5.54. The molecule has 2 N–H and O–H groups in total. The Kier molecular flexibility index (Phi) is 3.49. The van der Waals surface area contributed by atoms with Gasteiger partial charge in [-0.25, -0.2) is 14.3 Å². The van der Waals surface area contributed by atoms with Gasteiger partial charge in [0.05, 0.1) is 17.6 Å². The standard InChI is InChI=1S/C7H15NO3S/c8-11-5-4-7-3-1-2-6-12(7,9)10/h7H,1-6,8H2. The van der Waals surface area contributed by atoms with Crippen molar-refractivity contribution in [2.75, 3.05) is 12.4 Å². The lowest BCUT2D eigenvalue weighted by molar-refractivity contribution is 0.133. The molecule has 0 saturated carbocycles. The van der Waals surface area contributed by atoms with Crippen LogP contribution in [0.25, 0.3) is 0 Å². The van der Waals surface area contributed by atoms with E-state index in [2.05, 4.69) is 4.84 Å². The van der Waals surface area contributed by atoms with Gasteiger partial charge in [0.25, 0.3) is 0 Å². The van der Waals surface area contributed by atoms with Crippen LogP contribution in [0.2, 0.25) is 0 Å². The molecule has 1 unspecified atom stereocenters. The molecule has 0 bridgehead atoms. The van der Waals surface area contributed by atoms with Crippen LogP contribution in [-0.4, -0.2) is 26.0 Å². The lowest BCUT2D eigenvalue weighted by Crippen LogP contribution is -2.29. The second-order valence-electron chi connectivity index (χ2n) is 3.14. The molecule has 1 saturated heterocycles. The van der Waals surface area contributed by atoms with E-state index < -0.39 is 9.84 Å². The predicted molar refractivity (Wildman–Crippen MR) is 46.2 cm³/mol. The molecule has 1 aliphatic rings. The predicted octanol–water partition coefficient (Wildman–Crippen LogP) is 0.234. The lowest BCUT2D eigenvalue weighted by Gasteiger charge is -2.21. The topological polar surface area (TPSA) is 69.4 Å². The molecule has 0 aromatic heterocycles. The first-order chi connectivity index (χ1) is 5.67. The van der Waals surface area contributed by atoms with Crippen molar-refractivity contribution in [2.24, 2.45) is 5.90 Å². The highest BCUT2D eigenvalue weighted by atomic mass is 32.2. The van der Waals surface area contributed by atoms with Gasteiger partial charge in [0.15, 0.2) is 9.84 Å². The first kappa shape index (κ1) is 9.95. The summed E-state index contributed by atoms with van der Waals surface area (Å²) < 4.78 is 22.8. The highest BCUT2D eigenvalue weighted by Gasteiger charge is 2.27. The van der Waals surface area contributed by atoms with Crippen molar-refractivity contribution in [2.45, 2.75) is 30.9 Å². The number of hydrogen-bond acceptors (Lipinski definition) is 4. The summed E-state index contributed by atoms with van der Waals surface area (Å²) in [6.45, 7) is 0.337. The van der Waals surface area contributed by atoms with E-state index >= 15 is 0 Å². The Morgan fingerprint density at radius 3 is 2.75 bits per heavy atom. The van der Waals surface area contributed by atoms with Gasteiger partial charge in [0.1, 0.15) is 0 Å². The molecule has 4 nitrogen and oxygen atoms in total. The van der Waals surface area contributed by atoms with Crippen LogP contribution in [0.4, 0.5) is 0 Å². The van der Waals surface area contributed by atoms with Gasteiger partial charge in [-0.2, -0.15) is 0 Å². The minimum Gasteiger partial charge on any atom is -0.305 e. The van der Waals surface area contributed by atoms with Crippen LogP contribution in [0.5, 0.6) is 0 Å². The maximum absolute atomic E-state index is 11.4.